The number of hydrogen-bond donors (Lipinski definition) is 1. The molecule has 464 valence electrons. The maximum absolute atomic E-state index is 14.1. The van der Waals surface area contributed by atoms with Crippen molar-refractivity contribution in [3.8, 4) is 40.2 Å². The predicted octanol–water partition coefficient (Wildman–Crippen LogP) is 15.0. The molecule has 4 rings (SSSR count). The van der Waals surface area contributed by atoms with Crippen LogP contribution in [0.4, 0.5) is 0 Å². The molecule has 0 bridgehead atoms. The van der Waals surface area contributed by atoms with Gasteiger partial charge in [-0.3, -0.25) is 9.59 Å². The second-order valence-electron chi connectivity index (χ2n) is 21.2. The van der Waals surface area contributed by atoms with Crippen LogP contribution in [0.15, 0.2) is 73.3 Å². The van der Waals surface area contributed by atoms with Gasteiger partial charge in [0.2, 0.25) is 5.75 Å². The molecule has 1 aliphatic carbocycles. The van der Waals surface area contributed by atoms with Gasteiger partial charge in [-0.2, -0.15) is 0 Å². The minimum Gasteiger partial charge on any atom is -0.490 e. The van der Waals surface area contributed by atoms with Gasteiger partial charge in [0.15, 0.2) is 23.0 Å². The molecule has 84 heavy (non-hydrogen) atoms. The summed E-state index contributed by atoms with van der Waals surface area (Å²) in [6.07, 6.45) is 25.0. The minimum atomic E-state index is -0.993. The zero-order chi connectivity index (χ0) is 60.8. The van der Waals surface area contributed by atoms with Crippen molar-refractivity contribution in [2.24, 2.45) is 11.3 Å². The zero-order valence-corrected chi connectivity index (χ0v) is 51.2. The molecule has 1 aliphatic rings. The number of methoxy groups -OCH3 is 1. The highest BCUT2D eigenvalue weighted by Gasteiger charge is 2.59. The highest BCUT2D eigenvalue weighted by Crippen LogP contribution is 2.56. The van der Waals surface area contributed by atoms with Crippen molar-refractivity contribution in [3.05, 3.63) is 90.0 Å². The average Bonchev–Trinajstić information content (AvgIpc) is 2.18. The van der Waals surface area contributed by atoms with Crippen LogP contribution >= 0.6 is 0 Å². The molecular weight excluding hydrogens is 1070 g/mol. The SMILES string of the molecule is C=CC(=O)OCCCCOc1ccc(/C=C/C(=O)Oc2ccc(OC(=O)/C=C/c3ccc(C(CCCO)OC(=O)C4(C(CC)C(=O)OC)CC4)c(OCCCCCC)c3OCCCCCC)cc2)c(OCCCCCC)c1OCCCCCC. The van der Waals surface area contributed by atoms with Crippen LogP contribution in [0.25, 0.3) is 12.2 Å². The second-order valence-corrected chi connectivity index (χ2v) is 21.2. The van der Waals surface area contributed by atoms with E-state index in [-0.39, 0.29) is 31.1 Å². The summed E-state index contributed by atoms with van der Waals surface area (Å²) >= 11 is 0. The molecule has 16 nitrogen and oxygen atoms in total. The van der Waals surface area contributed by atoms with Gasteiger partial charge in [-0.1, -0.05) is 130 Å². The number of hydrogen-bond acceptors (Lipinski definition) is 16. The molecule has 0 radical (unpaired) electrons. The number of benzene rings is 3. The molecule has 0 amide bonds. The van der Waals surface area contributed by atoms with E-state index in [1.54, 1.807) is 30.4 Å². The third-order valence-electron chi connectivity index (χ3n) is 14.5. The van der Waals surface area contributed by atoms with Crippen LogP contribution in [0.3, 0.4) is 0 Å². The Kier molecular flexibility index (Phi) is 33.6. The van der Waals surface area contributed by atoms with Gasteiger partial charge in [0.05, 0.1) is 58.1 Å². The number of ether oxygens (including phenoxy) is 10. The van der Waals surface area contributed by atoms with E-state index in [1.807, 2.05) is 13.0 Å². The second kappa shape index (κ2) is 40.5. The maximum Gasteiger partial charge on any atom is 0.336 e. The van der Waals surface area contributed by atoms with E-state index in [9.17, 15) is 29.1 Å². The van der Waals surface area contributed by atoms with Crippen LogP contribution in [-0.2, 0) is 38.2 Å². The molecule has 1 N–H and O–H groups in total. The van der Waals surface area contributed by atoms with Crippen molar-refractivity contribution in [2.75, 3.05) is 53.4 Å². The average molecular weight is 1170 g/mol. The van der Waals surface area contributed by atoms with E-state index in [4.69, 9.17) is 47.4 Å². The molecule has 0 heterocycles. The van der Waals surface area contributed by atoms with Gasteiger partial charge < -0.3 is 52.5 Å². The molecule has 0 saturated heterocycles. The third-order valence-corrected chi connectivity index (χ3v) is 14.5. The first-order chi connectivity index (χ1) is 40.9. The Labute approximate surface area is 499 Å². The normalized spacial score (nSPS) is 13.2. The first-order valence-corrected chi connectivity index (χ1v) is 31.0. The summed E-state index contributed by atoms with van der Waals surface area (Å²) in [4.78, 5) is 65.3. The summed E-state index contributed by atoms with van der Waals surface area (Å²) in [6.45, 7) is 15.9. The monoisotopic (exact) mass is 1170 g/mol. The Bertz CT molecular complexity index is 2510. The van der Waals surface area contributed by atoms with Crippen LogP contribution in [0, 0.1) is 11.3 Å². The molecule has 2 unspecified atom stereocenters. The molecule has 3 aromatic carbocycles. The van der Waals surface area contributed by atoms with Crippen LogP contribution in [0.2, 0.25) is 0 Å². The number of aliphatic hydroxyl groups is 1. The minimum absolute atomic E-state index is 0.135. The summed E-state index contributed by atoms with van der Waals surface area (Å²) in [7, 11) is 1.32. The fourth-order valence-corrected chi connectivity index (χ4v) is 9.54. The van der Waals surface area contributed by atoms with Gasteiger partial charge in [-0.15, -0.1) is 0 Å². The Balaban J connectivity index is 1.56. The summed E-state index contributed by atoms with van der Waals surface area (Å²) in [5.41, 5.74) is 0.702. The summed E-state index contributed by atoms with van der Waals surface area (Å²) in [5, 5.41) is 9.99. The standard InChI is InChI=1S/C68H96O16/c1-8-14-18-22-47-78-62-51(30-38-55(64(62)80-49-24-20-16-10-3)57(29-28-44-69)84-67(74)68(42-43-68)56(12-5)66(73)75-7)32-40-60(71)82-53-34-36-54(37-35-53)83-61(72)41-33-52-31-39-58(76-45-26-27-46-77-59(70)13-6)65(81-50-25-21-17-11-4)63(52)79-48-23-19-15-9-2/h13,30-41,56-57,69H,6,8-12,14-29,42-50H2,1-5,7H3/b40-32+,41-33+. The van der Waals surface area contributed by atoms with Crippen molar-refractivity contribution in [1.29, 1.82) is 0 Å². The van der Waals surface area contributed by atoms with Crippen molar-refractivity contribution in [3.63, 3.8) is 0 Å². The number of unbranched alkanes of at least 4 members (excludes halogenated alkanes) is 13. The summed E-state index contributed by atoms with van der Waals surface area (Å²) in [6, 6.07) is 13.3. The lowest BCUT2D eigenvalue weighted by Crippen LogP contribution is -2.34. The lowest BCUT2D eigenvalue weighted by molar-refractivity contribution is -0.166. The van der Waals surface area contributed by atoms with E-state index in [0.717, 1.165) is 109 Å². The molecular formula is C68H96O16. The lowest BCUT2D eigenvalue weighted by Gasteiger charge is -2.28. The predicted molar refractivity (Wildman–Crippen MR) is 326 cm³/mol. The topological polar surface area (TPSA) is 198 Å². The first-order valence-electron chi connectivity index (χ1n) is 31.0. The summed E-state index contributed by atoms with van der Waals surface area (Å²) in [5.74, 6) is -0.762. The van der Waals surface area contributed by atoms with E-state index < -0.39 is 47.3 Å². The fourth-order valence-electron chi connectivity index (χ4n) is 9.54. The Morgan fingerprint density at radius 1 is 0.536 bits per heavy atom. The van der Waals surface area contributed by atoms with E-state index in [2.05, 4.69) is 34.3 Å². The van der Waals surface area contributed by atoms with Crippen molar-refractivity contribution >= 4 is 42.0 Å². The highest BCUT2D eigenvalue weighted by molar-refractivity contribution is 5.91. The molecule has 0 aliphatic heterocycles. The number of aliphatic hydroxyl groups excluding tert-OH is 1. The Morgan fingerprint density at radius 3 is 1.45 bits per heavy atom. The van der Waals surface area contributed by atoms with Crippen molar-refractivity contribution in [1.82, 2.24) is 0 Å². The number of rotatable bonds is 46. The maximum atomic E-state index is 14.1. The van der Waals surface area contributed by atoms with Gasteiger partial charge in [0.1, 0.15) is 17.6 Å². The first kappa shape index (κ1) is 69.7. The number of carbonyl (C=O) groups excluding carboxylic acids is 5. The fraction of sp³-hybridized carbons (Fsp3) is 0.574. The number of carbonyl (C=O) groups is 5. The molecule has 3 aromatic rings. The van der Waals surface area contributed by atoms with Crippen LogP contribution < -0.4 is 33.2 Å². The Morgan fingerprint density at radius 2 is 0.988 bits per heavy atom. The molecule has 1 saturated carbocycles. The van der Waals surface area contributed by atoms with Gasteiger partial charge in [-0.25, -0.2) is 14.4 Å². The van der Waals surface area contributed by atoms with E-state index in [1.165, 1.54) is 43.5 Å². The quantitative estimate of drug-likeness (QED) is 0.0184. The van der Waals surface area contributed by atoms with E-state index in [0.29, 0.717) is 117 Å². The van der Waals surface area contributed by atoms with Crippen molar-refractivity contribution < 1.29 is 76.4 Å². The van der Waals surface area contributed by atoms with Gasteiger partial charge >= 0.3 is 29.8 Å². The third kappa shape index (κ3) is 24.0. The van der Waals surface area contributed by atoms with Gasteiger partial charge in [-0.05, 0) is 119 Å². The number of esters is 5. The Hall–Kier alpha value is -6.81. The lowest BCUT2D eigenvalue weighted by atomic mass is 9.86. The molecule has 1 fully saturated rings. The zero-order valence-electron chi connectivity index (χ0n) is 51.2. The van der Waals surface area contributed by atoms with Crippen LogP contribution in [0.5, 0.6) is 40.2 Å². The van der Waals surface area contributed by atoms with Crippen LogP contribution in [-0.4, -0.2) is 88.3 Å². The molecule has 0 aromatic heterocycles. The van der Waals surface area contributed by atoms with Gasteiger partial charge in [0, 0.05) is 41.5 Å². The largest absolute Gasteiger partial charge is 0.490 e. The smallest absolute Gasteiger partial charge is 0.336 e. The molecule has 2 atom stereocenters. The van der Waals surface area contributed by atoms with Crippen LogP contribution in [0.1, 0.15) is 205 Å². The van der Waals surface area contributed by atoms with Gasteiger partial charge in [0.25, 0.3) is 0 Å². The van der Waals surface area contributed by atoms with E-state index >= 15 is 0 Å². The van der Waals surface area contributed by atoms with Crippen molar-refractivity contribution in [2.45, 2.75) is 188 Å². The molecule has 0 spiro atoms. The highest BCUT2D eigenvalue weighted by atomic mass is 16.6. The summed E-state index contributed by atoms with van der Waals surface area (Å²) < 4.78 is 60.1. The molecule has 16 heteroatoms.